The molecule has 2 aliphatic rings. The molecule has 294 valence electrons. The number of imide groups is 1. The number of anilines is 4. The minimum absolute atomic E-state index is 0.00615. The number of nitrogens with one attached hydrogen (secondary N) is 4. The first-order chi connectivity index (χ1) is 27.7. The van der Waals surface area contributed by atoms with E-state index in [1.807, 2.05) is 59.3 Å². The van der Waals surface area contributed by atoms with E-state index in [2.05, 4.69) is 26.3 Å². The van der Waals surface area contributed by atoms with Gasteiger partial charge >= 0.3 is 0 Å². The second kappa shape index (κ2) is 18.7. The van der Waals surface area contributed by atoms with Crippen LogP contribution >= 0.6 is 34.3 Å². The van der Waals surface area contributed by atoms with E-state index in [1.54, 1.807) is 18.2 Å². The van der Waals surface area contributed by atoms with E-state index in [4.69, 9.17) is 16.6 Å². The Morgan fingerprint density at radius 3 is 2.16 bits per heavy atom. The highest BCUT2D eigenvalue weighted by Crippen LogP contribution is 2.34. The number of fused-ring (bicyclic) bond motifs is 1. The molecule has 4 heterocycles. The summed E-state index contributed by atoms with van der Waals surface area (Å²) in [7, 11) is 0. The van der Waals surface area contributed by atoms with Crippen LogP contribution in [0.3, 0.4) is 0 Å². The number of nitrogens with zero attached hydrogens (tertiary/aromatic N) is 3. The summed E-state index contributed by atoms with van der Waals surface area (Å²) in [5, 5.41) is 17.8. The minimum atomic E-state index is -0.700. The second-order valence-corrected chi connectivity index (χ2v) is 16.2. The molecule has 1 unspecified atom stereocenters. The van der Waals surface area contributed by atoms with Crippen LogP contribution in [0, 0.1) is 0 Å². The SMILES string of the molecule is O=C1CCC(N2Cc3c(NC(=O)CCCCCCCCCC(=O)Nc4ccc(-c5csc(-c6csc(Nc7ccc(Cl)cc7)n6)n5)cc4)cccc3C2=O)C(=O)N1. The Bertz CT molecular complexity index is 2260. The van der Waals surface area contributed by atoms with E-state index in [1.165, 1.54) is 27.6 Å². The topological polar surface area (TPSA) is 162 Å². The molecule has 1 fully saturated rings. The number of piperidine rings is 1. The molecule has 7 rings (SSSR count). The van der Waals surface area contributed by atoms with Gasteiger partial charge in [-0.05, 0) is 67.8 Å². The molecule has 0 spiro atoms. The monoisotopic (exact) mass is 823 g/mol. The Balaban J connectivity index is 0.752. The first-order valence-corrected chi connectivity index (χ1v) is 21.2. The zero-order valence-electron chi connectivity index (χ0n) is 31.1. The maximum atomic E-state index is 13.1. The van der Waals surface area contributed by atoms with Gasteiger partial charge in [-0.15, -0.1) is 22.7 Å². The molecule has 1 saturated heterocycles. The van der Waals surface area contributed by atoms with Crippen LogP contribution in [-0.4, -0.2) is 50.4 Å². The number of benzene rings is 3. The summed E-state index contributed by atoms with van der Waals surface area (Å²) in [5.74, 6) is -1.18. The third-order valence-corrected chi connectivity index (χ3v) is 11.8. The average Bonchev–Trinajstić information content (AvgIpc) is 3.96. The fourth-order valence-corrected chi connectivity index (χ4v) is 8.63. The molecule has 5 amide bonds. The predicted octanol–water partition coefficient (Wildman–Crippen LogP) is 9.18. The summed E-state index contributed by atoms with van der Waals surface area (Å²) < 4.78 is 0. The standard InChI is InChI=1S/C42H42ClN7O5S2/c43-27-15-19-29(20-16-27)45-42-48-34(25-57-42)40-47-33(24-56-40)26-13-17-28(18-14-26)44-36(51)11-6-4-2-1-3-5-7-12-37(52)46-32-10-8-9-30-31(32)23-50(41(30)55)35-21-22-38(53)49-39(35)54/h8-10,13-20,24-25,35H,1-7,11-12,21-23H2,(H,44,51)(H,45,48)(H,46,52)(H,49,53,54). The van der Waals surface area contributed by atoms with Gasteiger partial charge in [-0.2, -0.15) is 0 Å². The van der Waals surface area contributed by atoms with Crippen molar-refractivity contribution in [3.63, 3.8) is 0 Å². The first-order valence-electron chi connectivity index (χ1n) is 19.1. The van der Waals surface area contributed by atoms with Crippen molar-refractivity contribution < 1.29 is 24.0 Å². The quantitative estimate of drug-likeness (QED) is 0.0533. The van der Waals surface area contributed by atoms with Crippen molar-refractivity contribution in [2.45, 2.75) is 83.2 Å². The van der Waals surface area contributed by atoms with Gasteiger partial charge in [0, 0.05) is 75.3 Å². The number of thiazole rings is 2. The van der Waals surface area contributed by atoms with E-state index in [-0.39, 0.29) is 43.0 Å². The number of carbonyl (C=O) groups is 5. The molecule has 0 aliphatic carbocycles. The largest absolute Gasteiger partial charge is 0.332 e. The van der Waals surface area contributed by atoms with Gasteiger partial charge in [-0.3, -0.25) is 29.3 Å². The summed E-state index contributed by atoms with van der Waals surface area (Å²) in [4.78, 5) is 73.3. The number of hydrogen-bond acceptors (Lipinski definition) is 10. The number of halogens is 1. The van der Waals surface area contributed by atoms with E-state index in [0.717, 1.165) is 83.4 Å². The third-order valence-electron chi connectivity index (χ3n) is 9.95. The Kier molecular flexibility index (Phi) is 13.0. The van der Waals surface area contributed by atoms with E-state index < -0.39 is 11.9 Å². The van der Waals surface area contributed by atoms with Crippen molar-refractivity contribution in [3.05, 3.63) is 93.6 Å². The normalized spacial score (nSPS) is 15.0. The molecule has 4 N–H and O–H groups in total. The number of unbranched alkanes of at least 4 members (excludes halogenated alkanes) is 6. The summed E-state index contributed by atoms with van der Waals surface area (Å²) >= 11 is 9.03. The maximum absolute atomic E-state index is 13.1. The Labute approximate surface area is 343 Å². The van der Waals surface area contributed by atoms with E-state index >= 15 is 0 Å². The maximum Gasteiger partial charge on any atom is 0.255 e. The van der Waals surface area contributed by atoms with Crippen LogP contribution in [0.4, 0.5) is 22.2 Å². The Hall–Kier alpha value is -5.44. The molecular formula is C42H42ClN7O5S2. The Morgan fingerprint density at radius 1 is 0.772 bits per heavy atom. The van der Waals surface area contributed by atoms with Gasteiger partial charge in [0.15, 0.2) is 5.13 Å². The molecule has 12 nitrogen and oxygen atoms in total. The minimum Gasteiger partial charge on any atom is -0.332 e. The number of rotatable bonds is 17. The third kappa shape index (κ3) is 10.3. The van der Waals surface area contributed by atoms with Gasteiger partial charge in [-0.1, -0.05) is 61.9 Å². The van der Waals surface area contributed by atoms with Crippen molar-refractivity contribution >= 4 is 86.0 Å². The van der Waals surface area contributed by atoms with Gasteiger partial charge in [-0.25, -0.2) is 9.97 Å². The van der Waals surface area contributed by atoms with Gasteiger partial charge in [0.1, 0.15) is 16.7 Å². The van der Waals surface area contributed by atoms with Crippen LogP contribution in [-0.2, 0) is 25.7 Å². The van der Waals surface area contributed by atoms with E-state index in [0.29, 0.717) is 34.7 Å². The van der Waals surface area contributed by atoms with Gasteiger partial charge in [0.25, 0.3) is 5.91 Å². The summed E-state index contributed by atoms with van der Waals surface area (Å²) in [6, 6.07) is 19.7. The molecule has 15 heteroatoms. The zero-order valence-corrected chi connectivity index (χ0v) is 33.5. The van der Waals surface area contributed by atoms with Gasteiger partial charge < -0.3 is 20.9 Å². The van der Waals surface area contributed by atoms with Crippen molar-refractivity contribution in [2.24, 2.45) is 0 Å². The van der Waals surface area contributed by atoms with Crippen molar-refractivity contribution in [1.82, 2.24) is 20.2 Å². The second-order valence-electron chi connectivity index (χ2n) is 14.1. The molecule has 0 saturated carbocycles. The fourth-order valence-electron chi connectivity index (χ4n) is 6.93. The number of carbonyl (C=O) groups excluding carboxylic acids is 5. The molecule has 2 aromatic heterocycles. The molecule has 0 bridgehead atoms. The summed E-state index contributed by atoms with van der Waals surface area (Å²) in [5.41, 5.74) is 6.04. The van der Waals surface area contributed by atoms with Crippen LogP contribution in [0.1, 0.15) is 86.6 Å². The molecule has 2 aliphatic heterocycles. The van der Waals surface area contributed by atoms with Crippen LogP contribution < -0.4 is 21.3 Å². The highest BCUT2D eigenvalue weighted by atomic mass is 35.5. The average molecular weight is 824 g/mol. The van der Waals surface area contributed by atoms with Gasteiger partial charge in [0.05, 0.1) is 5.69 Å². The summed E-state index contributed by atoms with van der Waals surface area (Å²) in [6.07, 6.45) is 7.84. The lowest BCUT2D eigenvalue weighted by Gasteiger charge is -2.29. The molecule has 0 radical (unpaired) electrons. The van der Waals surface area contributed by atoms with E-state index in [9.17, 15) is 24.0 Å². The van der Waals surface area contributed by atoms with Gasteiger partial charge in [0.2, 0.25) is 23.6 Å². The lowest BCUT2D eigenvalue weighted by molar-refractivity contribution is -0.137. The first kappa shape index (κ1) is 39.8. The predicted molar refractivity (Wildman–Crippen MR) is 225 cm³/mol. The lowest BCUT2D eigenvalue weighted by Crippen LogP contribution is -2.52. The smallest absolute Gasteiger partial charge is 0.255 e. The number of aromatic nitrogens is 2. The molecule has 57 heavy (non-hydrogen) atoms. The highest BCUT2D eigenvalue weighted by molar-refractivity contribution is 7.15. The Morgan fingerprint density at radius 2 is 1.44 bits per heavy atom. The van der Waals surface area contributed by atoms with Crippen LogP contribution in [0.15, 0.2) is 77.5 Å². The van der Waals surface area contributed by atoms with Crippen molar-refractivity contribution in [3.8, 4) is 22.0 Å². The zero-order chi connectivity index (χ0) is 39.7. The van der Waals surface area contributed by atoms with Crippen LogP contribution in [0.2, 0.25) is 5.02 Å². The highest BCUT2D eigenvalue weighted by Gasteiger charge is 2.40. The lowest BCUT2D eigenvalue weighted by atomic mass is 10.0. The van der Waals surface area contributed by atoms with Crippen molar-refractivity contribution in [2.75, 3.05) is 16.0 Å². The molecule has 3 aromatic carbocycles. The molecular weight excluding hydrogens is 782 g/mol. The molecule has 1 atom stereocenters. The number of hydrogen-bond donors (Lipinski definition) is 4. The van der Waals surface area contributed by atoms with Crippen molar-refractivity contribution in [1.29, 1.82) is 0 Å². The van der Waals surface area contributed by atoms with Crippen LogP contribution in [0.5, 0.6) is 0 Å². The fraction of sp³-hybridized carbons (Fsp3) is 0.310. The summed E-state index contributed by atoms with van der Waals surface area (Å²) in [6.45, 7) is 0.212. The van der Waals surface area contributed by atoms with Crippen LogP contribution in [0.25, 0.3) is 22.0 Å². The molecule has 5 aromatic rings. The number of amides is 5.